The van der Waals surface area contributed by atoms with Crippen LogP contribution in [0.15, 0.2) is 72.8 Å². The molecular formula is C25H21F2NO. The third kappa shape index (κ3) is 3.92. The number of fused-ring (bicyclic) bond motifs is 1. The lowest BCUT2D eigenvalue weighted by Gasteiger charge is -2.13. The molecule has 0 bridgehead atoms. The van der Waals surface area contributed by atoms with E-state index in [1.165, 1.54) is 6.07 Å². The fourth-order valence-electron chi connectivity index (χ4n) is 3.54. The highest BCUT2D eigenvalue weighted by atomic mass is 19.1. The van der Waals surface area contributed by atoms with E-state index in [4.69, 9.17) is 4.98 Å². The Morgan fingerprint density at radius 3 is 2.07 bits per heavy atom. The van der Waals surface area contributed by atoms with Crippen molar-refractivity contribution < 1.29 is 13.6 Å². The van der Waals surface area contributed by atoms with Gasteiger partial charge in [-0.15, -0.1) is 0 Å². The summed E-state index contributed by atoms with van der Waals surface area (Å²) in [6.07, 6.45) is 0. The molecule has 0 saturated heterocycles. The minimum Gasteiger partial charge on any atom is -0.294 e. The van der Waals surface area contributed by atoms with Crippen LogP contribution in [0.25, 0.3) is 33.3 Å². The van der Waals surface area contributed by atoms with Gasteiger partial charge in [-0.25, -0.2) is 9.37 Å². The lowest BCUT2D eigenvalue weighted by atomic mass is 9.94. The quantitative estimate of drug-likeness (QED) is 0.361. The van der Waals surface area contributed by atoms with Gasteiger partial charge in [0.2, 0.25) is 0 Å². The van der Waals surface area contributed by atoms with E-state index in [1.807, 2.05) is 61.5 Å². The van der Waals surface area contributed by atoms with Crippen LogP contribution in [0.3, 0.4) is 0 Å². The average molecular weight is 389 g/mol. The number of ketones is 1. The molecule has 0 unspecified atom stereocenters. The summed E-state index contributed by atoms with van der Waals surface area (Å²) in [6.45, 7) is 3.51. The maximum Gasteiger partial charge on any atom is 0.160 e. The smallest absolute Gasteiger partial charge is 0.160 e. The number of alkyl halides is 1. The van der Waals surface area contributed by atoms with E-state index in [0.29, 0.717) is 18.3 Å². The number of aromatic nitrogens is 1. The molecule has 0 spiro atoms. The first kappa shape index (κ1) is 20.3. The monoisotopic (exact) mass is 389 g/mol. The number of carbonyl (C=O) groups excluding carboxylic acids is 1. The first-order valence-corrected chi connectivity index (χ1v) is 9.19. The molecule has 0 aliphatic heterocycles. The van der Waals surface area contributed by atoms with Crippen molar-refractivity contribution in [1.82, 2.24) is 4.98 Å². The maximum absolute atomic E-state index is 14.0. The highest BCUT2D eigenvalue weighted by Crippen LogP contribution is 2.31. The van der Waals surface area contributed by atoms with Gasteiger partial charge in [0.25, 0.3) is 0 Å². The average Bonchev–Trinajstić information content (AvgIpc) is 2.75. The molecule has 0 N–H and O–H groups in total. The lowest BCUT2D eigenvalue weighted by Crippen LogP contribution is -2.02. The van der Waals surface area contributed by atoms with Crippen LogP contribution < -0.4 is 0 Å². The molecule has 3 aromatic carbocycles. The first-order chi connectivity index (χ1) is 14.1. The second-order valence-electron chi connectivity index (χ2n) is 6.59. The number of Topliss-reactive ketones (excluding diaryl/α,β-unsaturated/α-hetero) is 1. The number of halogens is 2. The van der Waals surface area contributed by atoms with Gasteiger partial charge in [0.15, 0.2) is 5.78 Å². The fraction of sp³-hybridized carbons (Fsp3) is 0.120. The van der Waals surface area contributed by atoms with Crippen LogP contribution in [0.4, 0.5) is 8.78 Å². The summed E-state index contributed by atoms with van der Waals surface area (Å²) < 4.78 is 23.5. The zero-order valence-corrected chi connectivity index (χ0v) is 16.5. The van der Waals surface area contributed by atoms with Gasteiger partial charge in [-0.2, -0.15) is 0 Å². The highest BCUT2D eigenvalue weighted by molar-refractivity contribution is 6.08. The molecule has 146 valence electrons. The summed E-state index contributed by atoms with van der Waals surface area (Å²) in [5.74, 6) is -0.223. The van der Waals surface area contributed by atoms with Gasteiger partial charge in [-0.3, -0.25) is 9.18 Å². The number of hydrogen-bond acceptors (Lipinski definition) is 2. The van der Waals surface area contributed by atoms with Crippen molar-refractivity contribution in [2.75, 3.05) is 7.18 Å². The molecule has 0 saturated carbocycles. The third-order valence-electron chi connectivity index (χ3n) is 4.83. The van der Waals surface area contributed by atoms with Crippen LogP contribution in [-0.4, -0.2) is 17.9 Å². The number of hydrogen-bond donors (Lipinski definition) is 0. The molecule has 1 aromatic heterocycles. The van der Waals surface area contributed by atoms with Gasteiger partial charge >= 0.3 is 0 Å². The van der Waals surface area contributed by atoms with E-state index >= 15 is 0 Å². The van der Waals surface area contributed by atoms with Gasteiger partial charge in [-0.1, -0.05) is 60.7 Å². The Balaban J connectivity index is 0.00000117. The molecule has 0 atom stereocenters. The minimum atomic E-state index is -0.246. The summed E-state index contributed by atoms with van der Waals surface area (Å²) in [6, 6.07) is 22.0. The SMILES string of the molecule is CC(=O)c1c(C)c(-c2ccc(-c3ccccc3F)cc2)nc2ccccc12.CF. The van der Waals surface area contributed by atoms with Gasteiger partial charge < -0.3 is 0 Å². The van der Waals surface area contributed by atoms with Crippen LogP contribution >= 0.6 is 0 Å². The molecule has 0 aliphatic carbocycles. The predicted octanol–water partition coefficient (Wildman–Crippen LogP) is 6.80. The van der Waals surface area contributed by atoms with Gasteiger partial charge in [0, 0.05) is 22.1 Å². The van der Waals surface area contributed by atoms with E-state index < -0.39 is 0 Å². The number of carbonyl (C=O) groups is 1. The van der Waals surface area contributed by atoms with E-state index in [9.17, 15) is 13.6 Å². The van der Waals surface area contributed by atoms with Crippen molar-refractivity contribution in [2.45, 2.75) is 13.8 Å². The number of nitrogens with zero attached hydrogens (tertiary/aromatic N) is 1. The Morgan fingerprint density at radius 2 is 1.41 bits per heavy atom. The molecule has 4 rings (SSSR count). The molecule has 0 fully saturated rings. The first-order valence-electron chi connectivity index (χ1n) is 9.19. The normalized spacial score (nSPS) is 10.4. The van der Waals surface area contributed by atoms with Crippen molar-refractivity contribution >= 4 is 16.7 Å². The summed E-state index contributed by atoms with van der Waals surface area (Å²) in [5, 5.41) is 0.870. The zero-order valence-electron chi connectivity index (χ0n) is 16.5. The molecule has 1 heterocycles. The Hall–Kier alpha value is -3.40. The second-order valence-corrected chi connectivity index (χ2v) is 6.59. The Bertz CT molecular complexity index is 1170. The fourth-order valence-corrected chi connectivity index (χ4v) is 3.54. The number of pyridine rings is 1. The largest absolute Gasteiger partial charge is 0.294 e. The Labute approximate surface area is 168 Å². The van der Waals surface area contributed by atoms with Crippen LogP contribution in [0.2, 0.25) is 0 Å². The lowest BCUT2D eigenvalue weighted by molar-refractivity contribution is 0.101. The summed E-state index contributed by atoms with van der Waals surface area (Å²) in [5.41, 5.74) is 5.41. The third-order valence-corrected chi connectivity index (χ3v) is 4.83. The predicted molar refractivity (Wildman–Crippen MR) is 114 cm³/mol. The van der Waals surface area contributed by atoms with Crippen LogP contribution in [0.1, 0.15) is 22.8 Å². The van der Waals surface area contributed by atoms with Crippen molar-refractivity contribution in [3.8, 4) is 22.4 Å². The summed E-state index contributed by atoms with van der Waals surface area (Å²) in [4.78, 5) is 17.1. The Morgan fingerprint density at radius 1 is 0.828 bits per heavy atom. The summed E-state index contributed by atoms with van der Waals surface area (Å²) in [7, 11) is 0.500. The number of para-hydroxylation sites is 1. The molecule has 0 radical (unpaired) electrons. The van der Waals surface area contributed by atoms with Gasteiger partial charge in [0.05, 0.1) is 18.4 Å². The molecule has 4 heteroatoms. The molecule has 2 nitrogen and oxygen atoms in total. The number of rotatable bonds is 3. The van der Waals surface area contributed by atoms with Crippen molar-refractivity contribution in [3.63, 3.8) is 0 Å². The Kier molecular flexibility index (Phi) is 6.13. The van der Waals surface area contributed by atoms with E-state index in [-0.39, 0.29) is 11.6 Å². The zero-order chi connectivity index (χ0) is 21.0. The van der Waals surface area contributed by atoms with Crippen molar-refractivity contribution in [1.29, 1.82) is 0 Å². The molecular weight excluding hydrogens is 368 g/mol. The van der Waals surface area contributed by atoms with E-state index in [0.717, 1.165) is 33.3 Å². The van der Waals surface area contributed by atoms with Gasteiger partial charge in [0.1, 0.15) is 5.82 Å². The van der Waals surface area contributed by atoms with Crippen LogP contribution in [0, 0.1) is 12.7 Å². The molecule has 29 heavy (non-hydrogen) atoms. The highest BCUT2D eigenvalue weighted by Gasteiger charge is 2.16. The molecule has 0 amide bonds. The topological polar surface area (TPSA) is 30.0 Å². The molecule has 4 aromatic rings. The minimum absolute atomic E-state index is 0.0235. The van der Waals surface area contributed by atoms with Crippen molar-refractivity contribution in [2.24, 2.45) is 0 Å². The maximum atomic E-state index is 14.0. The second kappa shape index (κ2) is 8.74. The number of benzene rings is 3. The van der Waals surface area contributed by atoms with Crippen LogP contribution in [-0.2, 0) is 0 Å². The van der Waals surface area contributed by atoms with E-state index in [2.05, 4.69) is 0 Å². The van der Waals surface area contributed by atoms with Gasteiger partial charge in [-0.05, 0) is 37.1 Å². The standard InChI is InChI=1S/C24H18FNO.CH3F/c1-15-23(16(2)27)20-8-4-6-10-22(20)26-24(15)18-13-11-17(12-14-18)19-7-3-5-9-21(19)25;1-2/h3-14H,1-2H3;1H3. The molecule has 0 aliphatic rings. The summed E-state index contributed by atoms with van der Waals surface area (Å²) >= 11 is 0. The van der Waals surface area contributed by atoms with Crippen LogP contribution in [0.5, 0.6) is 0 Å². The van der Waals surface area contributed by atoms with Crippen molar-refractivity contribution in [3.05, 3.63) is 89.7 Å². The van der Waals surface area contributed by atoms with E-state index in [1.54, 1.807) is 19.1 Å².